The van der Waals surface area contributed by atoms with Crippen LogP contribution in [0.25, 0.3) is 56.0 Å². The van der Waals surface area contributed by atoms with E-state index in [0.29, 0.717) is 5.56 Å². The van der Waals surface area contributed by atoms with Crippen molar-refractivity contribution < 1.29 is 0 Å². The summed E-state index contributed by atoms with van der Waals surface area (Å²) in [5.41, 5.74) is 18.0. The molecule has 0 unspecified atom stereocenters. The molecule has 0 aliphatic heterocycles. The molecule has 0 bridgehead atoms. The number of rotatable bonds is 5. The Hall–Kier alpha value is -5.33. The van der Waals surface area contributed by atoms with Gasteiger partial charge >= 0.3 is 0 Å². The van der Waals surface area contributed by atoms with E-state index in [1.165, 1.54) is 44.5 Å². The molecule has 3 nitrogen and oxygen atoms in total. The molecule has 0 radical (unpaired) electrons. The van der Waals surface area contributed by atoms with Crippen molar-refractivity contribution in [3.63, 3.8) is 0 Å². The topological polar surface area (TPSA) is 49.6 Å². The second-order valence-electron chi connectivity index (χ2n) is 11.8. The van der Waals surface area contributed by atoms with E-state index in [2.05, 4.69) is 119 Å². The van der Waals surface area contributed by atoms with Crippen LogP contribution in [0.1, 0.15) is 38.9 Å². The second kappa shape index (κ2) is 11.7. The molecule has 214 valence electrons. The number of aryl methyl sites for hydroxylation is 6. The van der Waals surface area contributed by atoms with Crippen LogP contribution in [0.4, 0.5) is 0 Å². The average Bonchev–Trinajstić information content (AvgIpc) is 3.01. The predicted octanol–water partition coefficient (Wildman–Crippen LogP) is 10.5. The van der Waals surface area contributed by atoms with Gasteiger partial charge in [-0.3, -0.25) is 4.98 Å². The van der Waals surface area contributed by atoms with Crippen LogP contribution in [0.5, 0.6) is 0 Å². The zero-order valence-corrected chi connectivity index (χ0v) is 26.2. The van der Waals surface area contributed by atoms with E-state index in [0.717, 1.165) is 44.9 Å². The smallest absolute Gasteiger partial charge is 0.0991 e. The Labute approximate surface area is 260 Å². The minimum absolute atomic E-state index is 0.653. The van der Waals surface area contributed by atoms with Crippen molar-refractivity contribution in [3.05, 3.63) is 142 Å². The Kier molecular flexibility index (Phi) is 7.68. The molecule has 1 heterocycles. The van der Waals surface area contributed by atoms with Crippen LogP contribution in [0.2, 0.25) is 0 Å². The molecule has 0 saturated carbocycles. The fourth-order valence-corrected chi connectivity index (χ4v) is 6.67. The zero-order valence-electron chi connectivity index (χ0n) is 26.2. The van der Waals surface area contributed by atoms with Gasteiger partial charge in [-0.05, 0) is 134 Å². The molecule has 0 N–H and O–H groups in total. The lowest BCUT2D eigenvalue weighted by Gasteiger charge is -2.18. The molecule has 6 rings (SSSR count). The van der Waals surface area contributed by atoms with Gasteiger partial charge in [-0.2, -0.15) is 5.26 Å². The van der Waals surface area contributed by atoms with E-state index in [1.807, 2.05) is 32.2 Å². The molecule has 6 aromatic rings. The maximum atomic E-state index is 9.52. The first kappa shape index (κ1) is 28.8. The zero-order chi connectivity index (χ0) is 31.0. The molecule has 0 saturated heterocycles. The third kappa shape index (κ3) is 5.32. The van der Waals surface area contributed by atoms with Crippen molar-refractivity contribution in [1.82, 2.24) is 9.97 Å². The Bertz CT molecular complexity index is 2000. The first-order valence-electron chi connectivity index (χ1n) is 15.0. The minimum atomic E-state index is 0.653. The number of hydrogen-bond donors (Lipinski definition) is 0. The van der Waals surface area contributed by atoms with Gasteiger partial charge in [0.15, 0.2) is 0 Å². The summed E-state index contributed by atoms with van der Waals surface area (Å²) in [5, 5.41) is 9.52. The molecule has 0 fully saturated rings. The van der Waals surface area contributed by atoms with Gasteiger partial charge in [0, 0.05) is 16.7 Å². The predicted molar refractivity (Wildman–Crippen MR) is 182 cm³/mol. The molecule has 0 aliphatic rings. The molecular formula is C41H35N3. The number of hydrogen-bond acceptors (Lipinski definition) is 3. The Balaban J connectivity index is 1.58. The SMILES string of the molecule is Cc1cc(-c2ncc(-c3c(C)cc(C#N)cc3C)nc2-c2cc(C)c(-c3ccccc3)c(C)c2)cc(C)c1-c1ccccc1. The highest BCUT2D eigenvalue weighted by molar-refractivity contribution is 5.85. The normalized spacial score (nSPS) is 10.9. The number of nitriles is 1. The molecule has 0 aliphatic carbocycles. The standard InChI is InChI=1S/C41H35N3/c1-25-17-31(23-42)18-26(2)39(25)36-24-43-40(34-19-27(3)37(28(4)20-34)32-13-9-7-10-14-32)41(44-36)35-21-29(5)38(30(6)22-35)33-15-11-8-12-16-33/h7-22,24H,1-6H3. The van der Waals surface area contributed by atoms with E-state index in [9.17, 15) is 5.26 Å². The highest BCUT2D eigenvalue weighted by atomic mass is 14.8. The molecule has 1 aromatic heterocycles. The van der Waals surface area contributed by atoms with Crippen LogP contribution in [-0.2, 0) is 0 Å². The van der Waals surface area contributed by atoms with Crippen molar-refractivity contribution >= 4 is 0 Å². The lowest BCUT2D eigenvalue weighted by molar-refractivity contribution is 1.19. The Morgan fingerprint density at radius 1 is 0.477 bits per heavy atom. The van der Waals surface area contributed by atoms with Crippen molar-refractivity contribution in [3.8, 4) is 62.1 Å². The summed E-state index contributed by atoms with van der Waals surface area (Å²) in [6.07, 6.45) is 1.88. The molecule has 44 heavy (non-hydrogen) atoms. The summed E-state index contributed by atoms with van der Waals surface area (Å²) in [6.45, 7) is 12.8. The number of benzene rings is 5. The van der Waals surface area contributed by atoms with Gasteiger partial charge in [0.1, 0.15) is 0 Å². The monoisotopic (exact) mass is 569 g/mol. The van der Waals surface area contributed by atoms with E-state index < -0.39 is 0 Å². The number of aromatic nitrogens is 2. The van der Waals surface area contributed by atoms with Crippen LogP contribution in [0, 0.1) is 52.9 Å². The summed E-state index contributed by atoms with van der Waals surface area (Å²) < 4.78 is 0. The van der Waals surface area contributed by atoms with E-state index in [-0.39, 0.29) is 0 Å². The lowest BCUT2D eigenvalue weighted by Crippen LogP contribution is -2.01. The molecule has 0 amide bonds. The van der Waals surface area contributed by atoms with Crippen LogP contribution in [-0.4, -0.2) is 9.97 Å². The van der Waals surface area contributed by atoms with Crippen LogP contribution in [0.15, 0.2) is 103 Å². The summed E-state index contributed by atoms with van der Waals surface area (Å²) >= 11 is 0. The average molecular weight is 570 g/mol. The maximum absolute atomic E-state index is 9.52. The molecule has 0 atom stereocenters. The maximum Gasteiger partial charge on any atom is 0.0991 e. The van der Waals surface area contributed by atoms with Crippen LogP contribution in [0.3, 0.4) is 0 Å². The van der Waals surface area contributed by atoms with Crippen molar-refractivity contribution in [1.29, 1.82) is 5.26 Å². The lowest BCUT2D eigenvalue weighted by atomic mass is 9.89. The molecular weight excluding hydrogens is 534 g/mol. The highest BCUT2D eigenvalue weighted by Gasteiger charge is 2.19. The first-order chi connectivity index (χ1) is 21.2. The Morgan fingerprint density at radius 2 is 0.886 bits per heavy atom. The van der Waals surface area contributed by atoms with E-state index in [4.69, 9.17) is 9.97 Å². The van der Waals surface area contributed by atoms with E-state index in [1.54, 1.807) is 0 Å². The summed E-state index contributed by atoms with van der Waals surface area (Å²) in [6, 6.07) is 36.2. The summed E-state index contributed by atoms with van der Waals surface area (Å²) in [4.78, 5) is 10.5. The quantitative estimate of drug-likeness (QED) is 0.207. The molecule has 3 heteroatoms. The summed E-state index contributed by atoms with van der Waals surface area (Å²) in [5.74, 6) is 0. The van der Waals surface area contributed by atoms with E-state index >= 15 is 0 Å². The van der Waals surface area contributed by atoms with Crippen molar-refractivity contribution in [2.24, 2.45) is 0 Å². The van der Waals surface area contributed by atoms with Gasteiger partial charge in [0.05, 0.1) is 34.9 Å². The second-order valence-corrected chi connectivity index (χ2v) is 11.8. The van der Waals surface area contributed by atoms with Crippen LogP contribution < -0.4 is 0 Å². The van der Waals surface area contributed by atoms with Gasteiger partial charge < -0.3 is 0 Å². The third-order valence-electron chi connectivity index (χ3n) is 8.43. The van der Waals surface area contributed by atoms with Crippen LogP contribution >= 0.6 is 0 Å². The largest absolute Gasteiger partial charge is 0.252 e. The summed E-state index contributed by atoms with van der Waals surface area (Å²) in [7, 11) is 0. The fraction of sp³-hybridized carbons (Fsp3) is 0.146. The van der Waals surface area contributed by atoms with Crippen molar-refractivity contribution in [2.75, 3.05) is 0 Å². The first-order valence-corrected chi connectivity index (χ1v) is 15.0. The van der Waals surface area contributed by atoms with Crippen molar-refractivity contribution in [2.45, 2.75) is 41.5 Å². The molecule has 0 spiro atoms. The Morgan fingerprint density at radius 3 is 1.32 bits per heavy atom. The van der Waals surface area contributed by atoms with Gasteiger partial charge in [-0.1, -0.05) is 60.7 Å². The van der Waals surface area contributed by atoms with Gasteiger partial charge in [-0.25, -0.2) is 4.98 Å². The minimum Gasteiger partial charge on any atom is -0.252 e. The highest BCUT2D eigenvalue weighted by Crippen LogP contribution is 2.39. The van der Waals surface area contributed by atoms with Gasteiger partial charge in [-0.15, -0.1) is 0 Å². The number of nitrogens with zero attached hydrogens (tertiary/aromatic N) is 3. The fourth-order valence-electron chi connectivity index (χ4n) is 6.67. The van der Waals surface area contributed by atoms with Gasteiger partial charge in [0.2, 0.25) is 0 Å². The van der Waals surface area contributed by atoms with Gasteiger partial charge in [0.25, 0.3) is 0 Å². The third-order valence-corrected chi connectivity index (χ3v) is 8.43. The molecule has 5 aromatic carbocycles.